The van der Waals surface area contributed by atoms with Gasteiger partial charge in [-0.05, 0) is 37.9 Å². The second-order valence-corrected chi connectivity index (χ2v) is 4.89. The second-order valence-electron chi connectivity index (χ2n) is 4.89. The zero-order chi connectivity index (χ0) is 12.8. The number of nitrogens with one attached hydrogen (secondary N) is 2. The lowest BCUT2D eigenvalue weighted by molar-refractivity contribution is -0.131. The molecule has 7 heteroatoms. The van der Waals surface area contributed by atoms with Gasteiger partial charge in [-0.2, -0.15) is 5.10 Å². The van der Waals surface area contributed by atoms with Crippen molar-refractivity contribution in [2.24, 2.45) is 5.92 Å². The van der Waals surface area contributed by atoms with Crippen LogP contribution >= 0.6 is 24.8 Å². The van der Waals surface area contributed by atoms with Crippen molar-refractivity contribution in [2.45, 2.75) is 26.2 Å². The molecule has 5 nitrogen and oxygen atoms in total. The maximum absolute atomic E-state index is 12.0. The van der Waals surface area contributed by atoms with Gasteiger partial charge in [0, 0.05) is 25.0 Å². The minimum absolute atomic E-state index is 0. The molecule has 1 fully saturated rings. The quantitative estimate of drug-likeness (QED) is 0.866. The van der Waals surface area contributed by atoms with Crippen molar-refractivity contribution >= 4 is 30.7 Å². The molecule has 0 radical (unpaired) electrons. The van der Waals surface area contributed by atoms with Gasteiger partial charge in [-0.1, -0.05) is 6.92 Å². The zero-order valence-corrected chi connectivity index (χ0v) is 13.4. The number of aromatic amines is 1. The Bertz CT molecular complexity index is 364. The molecule has 116 valence electrons. The molecule has 0 atom stereocenters. The Morgan fingerprint density at radius 1 is 1.45 bits per heavy atom. The molecule has 2 heterocycles. The first kappa shape index (κ1) is 19.2. The fraction of sp³-hybridized carbons (Fsp3) is 0.692. The number of hydrogen-bond donors (Lipinski definition) is 2. The van der Waals surface area contributed by atoms with E-state index in [0.717, 1.165) is 50.6 Å². The van der Waals surface area contributed by atoms with E-state index in [1.165, 1.54) is 0 Å². The van der Waals surface area contributed by atoms with Gasteiger partial charge in [0.2, 0.25) is 5.91 Å². The summed E-state index contributed by atoms with van der Waals surface area (Å²) >= 11 is 0. The fourth-order valence-electron chi connectivity index (χ4n) is 2.39. The largest absolute Gasteiger partial charge is 0.342 e. The normalized spacial score (nSPS) is 15.3. The lowest BCUT2D eigenvalue weighted by Gasteiger charge is -2.32. The highest BCUT2D eigenvalue weighted by atomic mass is 35.5. The number of rotatable bonds is 5. The van der Waals surface area contributed by atoms with Crippen molar-refractivity contribution < 1.29 is 4.79 Å². The third kappa shape index (κ3) is 5.69. The summed E-state index contributed by atoms with van der Waals surface area (Å²) in [4.78, 5) is 14.0. The standard InChI is InChI=1S/C13H22N4O.2ClH/c1-2-14-10-11-4-7-17(8-5-11)13(18)9-12-3-6-15-16-12;;/h3,6,11,14H,2,4-5,7-10H2,1H3,(H,15,16);2*1H. The number of piperidine rings is 1. The number of nitrogens with zero attached hydrogens (tertiary/aromatic N) is 2. The monoisotopic (exact) mass is 322 g/mol. The highest BCUT2D eigenvalue weighted by molar-refractivity contribution is 5.85. The molecule has 1 amide bonds. The molecule has 1 saturated heterocycles. The van der Waals surface area contributed by atoms with Crippen LogP contribution in [0.25, 0.3) is 0 Å². The molecule has 1 aliphatic heterocycles. The molecular formula is C13H24Cl2N4O. The van der Waals surface area contributed by atoms with E-state index in [-0.39, 0.29) is 30.7 Å². The van der Waals surface area contributed by atoms with Crippen molar-refractivity contribution in [3.05, 3.63) is 18.0 Å². The van der Waals surface area contributed by atoms with E-state index >= 15 is 0 Å². The van der Waals surface area contributed by atoms with Crippen molar-refractivity contribution in [1.29, 1.82) is 0 Å². The molecule has 1 aromatic heterocycles. The third-order valence-corrected chi connectivity index (χ3v) is 3.55. The van der Waals surface area contributed by atoms with Gasteiger partial charge in [0.25, 0.3) is 0 Å². The van der Waals surface area contributed by atoms with Crippen molar-refractivity contribution in [3.63, 3.8) is 0 Å². The van der Waals surface area contributed by atoms with Gasteiger partial charge in [-0.15, -0.1) is 24.8 Å². The summed E-state index contributed by atoms with van der Waals surface area (Å²) < 4.78 is 0. The molecule has 2 rings (SSSR count). The summed E-state index contributed by atoms with van der Waals surface area (Å²) in [6.07, 6.45) is 4.35. The van der Waals surface area contributed by atoms with Crippen LogP contribution in [-0.2, 0) is 11.2 Å². The fourth-order valence-corrected chi connectivity index (χ4v) is 2.39. The van der Waals surface area contributed by atoms with Crippen LogP contribution in [0.2, 0.25) is 0 Å². The van der Waals surface area contributed by atoms with Crippen LogP contribution in [0, 0.1) is 5.92 Å². The number of carbonyl (C=O) groups is 1. The number of halogens is 2. The molecule has 0 bridgehead atoms. The Morgan fingerprint density at radius 3 is 2.70 bits per heavy atom. The Hall–Kier alpha value is -0.780. The van der Waals surface area contributed by atoms with Crippen molar-refractivity contribution in [1.82, 2.24) is 20.4 Å². The van der Waals surface area contributed by atoms with Crippen LogP contribution in [0.3, 0.4) is 0 Å². The lowest BCUT2D eigenvalue weighted by atomic mass is 9.96. The third-order valence-electron chi connectivity index (χ3n) is 3.55. The van der Waals surface area contributed by atoms with E-state index in [9.17, 15) is 4.79 Å². The Labute approximate surface area is 132 Å². The number of carbonyl (C=O) groups excluding carboxylic acids is 1. The molecule has 0 aromatic carbocycles. The van der Waals surface area contributed by atoms with Gasteiger partial charge < -0.3 is 10.2 Å². The van der Waals surface area contributed by atoms with Gasteiger partial charge in [0.1, 0.15) is 0 Å². The van der Waals surface area contributed by atoms with Gasteiger partial charge in [0.05, 0.1) is 6.42 Å². The predicted molar refractivity (Wildman–Crippen MR) is 84.6 cm³/mol. The van der Waals surface area contributed by atoms with Crippen LogP contribution in [0.1, 0.15) is 25.5 Å². The SMILES string of the molecule is CCNCC1CCN(C(=O)Cc2ccn[nH]2)CC1.Cl.Cl. The van der Waals surface area contributed by atoms with Gasteiger partial charge >= 0.3 is 0 Å². The summed E-state index contributed by atoms with van der Waals surface area (Å²) in [7, 11) is 0. The summed E-state index contributed by atoms with van der Waals surface area (Å²) in [6.45, 7) is 6.02. The first-order valence-electron chi connectivity index (χ1n) is 6.76. The molecule has 20 heavy (non-hydrogen) atoms. The topological polar surface area (TPSA) is 61.0 Å². The maximum atomic E-state index is 12.0. The van der Waals surface area contributed by atoms with E-state index in [0.29, 0.717) is 6.42 Å². The molecule has 0 saturated carbocycles. The maximum Gasteiger partial charge on any atom is 0.228 e. The number of hydrogen-bond acceptors (Lipinski definition) is 3. The van der Waals surface area contributed by atoms with Crippen molar-refractivity contribution in [3.8, 4) is 0 Å². The molecule has 0 unspecified atom stereocenters. The zero-order valence-electron chi connectivity index (χ0n) is 11.8. The Balaban J connectivity index is 0.00000180. The highest BCUT2D eigenvalue weighted by Gasteiger charge is 2.22. The van der Waals surface area contributed by atoms with E-state index in [1.807, 2.05) is 11.0 Å². The first-order chi connectivity index (χ1) is 8.79. The van der Waals surface area contributed by atoms with Gasteiger partial charge in [-0.25, -0.2) is 0 Å². The van der Waals surface area contributed by atoms with E-state index in [2.05, 4.69) is 22.4 Å². The van der Waals surface area contributed by atoms with E-state index in [4.69, 9.17) is 0 Å². The van der Waals surface area contributed by atoms with Crippen LogP contribution in [-0.4, -0.2) is 47.2 Å². The van der Waals surface area contributed by atoms with E-state index in [1.54, 1.807) is 6.20 Å². The smallest absolute Gasteiger partial charge is 0.228 e. The molecular weight excluding hydrogens is 299 g/mol. The average molecular weight is 323 g/mol. The minimum atomic E-state index is 0. The Morgan fingerprint density at radius 2 is 2.15 bits per heavy atom. The predicted octanol–water partition coefficient (Wildman–Crippen LogP) is 1.64. The lowest BCUT2D eigenvalue weighted by Crippen LogP contribution is -2.41. The van der Waals surface area contributed by atoms with Crippen LogP contribution in [0.15, 0.2) is 12.3 Å². The van der Waals surface area contributed by atoms with Crippen molar-refractivity contribution in [2.75, 3.05) is 26.2 Å². The molecule has 1 aliphatic rings. The number of aromatic nitrogens is 2. The van der Waals surface area contributed by atoms with E-state index < -0.39 is 0 Å². The number of likely N-dealkylation sites (tertiary alicyclic amines) is 1. The molecule has 0 aliphatic carbocycles. The Kier molecular flexibility index (Phi) is 9.63. The highest BCUT2D eigenvalue weighted by Crippen LogP contribution is 2.17. The number of H-pyrrole nitrogens is 1. The minimum Gasteiger partial charge on any atom is -0.342 e. The molecule has 1 aromatic rings. The van der Waals surface area contributed by atoms with Gasteiger partial charge in [-0.3, -0.25) is 9.89 Å². The van der Waals surface area contributed by atoms with Gasteiger partial charge in [0.15, 0.2) is 0 Å². The summed E-state index contributed by atoms with van der Waals surface area (Å²) in [5.41, 5.74) is 0.898. The molecule has 2 N–H and O–H groups in total. The van der Waals surface area contributed by atoms with Crippen LogP contribution < -0.4 is 5.32 Å². The summed E-state index contributed by atoms with van der Waals surface area (Å²) in [6, 6.07) is 1.86. The van der Waals surface area contributed by atoms with Crippen LogP contribution in [0.5, 0.6) is 0 Å². The molecule has 0 spiro atoms. The number of amides is 1. The second kappa shape index (κ2) is 10.0. The van der Waals surface area contributed by atoms with Crippen LogP contribution in [0.4, 0.5) is 0 Å². The summed E-state index contributed by atoms with van der Waals surface area (Å²) in [5, 5.41) is 10.1. The summed E-state index contributed by atoms with van der Waals surface area (Å²) in [5.74, 6) is 0.933. The average Bonchev–Trinajstić information content (AvgIpc) is 2.89. The first-order valence-corrected chi connectivity index (χ1v) is 6.76.